The average Bonchev–Trinajstić information content (AvgIpc) is 2.98. The third-order valence-corrected chi connectivity index (χ3v) is 6.07. The molecule has 3 rings (SSSR count). The maximum absolute atomic E-state index is 13.0. The van der Waals surface area contributed by atoms with Gasteiger partial charge in [-0.1, -0.05) is 47.7 Å². The molecule has 0 aromatic heterocycles. The number of carbonyl (C=O) groups excluding carboxylic acids is 2. The van der Waals surface area contributed by atoms with E-state index in [0.29, 0.717) is 18.3 Å². The summed E-state index contributed by atoms with van der Waals surface area (Å²) in [5.41, 5.74) is 4.75. The number of amides is 2. The molecule has 1 N–H and O–H groups in total. The van der Waals surface area contributed by atoms with E-state index in [4.69, 9.17) is 9.73 Å². The van der Waals surface area contributed by atoms with Crippen LogP contribution in [0.1, 0.15) is 23.1 Å². The molecule has 6 nitrogen and oxygen atoms in total. The summed E-state index contributed by atoms with van der Waals surface area (Å²) in [6.07, 6.45) is 0.0904. The van der Waals surface area contributed by atoms with Crippen molar-refractivity contribution < 1.29 is 14.3 Å². The molecule has 1 heterocycles. The first-order valence-electron chi connectivity index (χ1n) is 9.87. The lowest BCUT2D eigenvalue weighted by molar-refractivity contribution is -0.128. The molecule has 2 amide bonds. The minimum Gasteiger partial charge on any atom is -0.383 e. The molecule has 2 aromatic rings. The lowest BCUT2D eigenvalue weighted by atomic mass is 10.1. The maximum Gasteiger partial charge on any atom is 0.242 e. The summed E-state index contributed by atoms with van der Waals surface area (Å²) in [6.45, 7) is 6.76. The summed E-state index contributed by atoms with van der Waals surface area (Å²) < 4.78 is 5.16. The predicted molar refractivity (Wildman–Crippen MR) is 122 cm³/mol. The number of benzene rings is 2. The van der Waals surface area contributed by atoms with Gasteiger partial charge in [-0.25, -0.2) is 4.99 Å². The van der Waals surface area contributed by atoms with Crippen LogP contribution in [0.15, 0.2) is 47.5 Å². The summed E-state index contributed by atoms with van der Waals surface area (Å²) >= 11 is 1.34. The van der Waals surface area contributed by atoms with Crippen molar-refractivity contribution in [2.75, 3.05) is 25.6 Å². The minimum atomic E-state index is -0.504. The number of methoxy groups -OCH3 is 1. The van der Waals surface area contributed by atoms with Crippen molar-refractivity contribution in [3.63, 3.8) is 0 Å². The Balaban J connectivity index is 1.75. The number of hydrogen-bond acceptors (Lipinski definition) is 5. The van der Waals surface area contributed by atoms with Crippen molar-refractivity contribution >= 4 is 40.1 Å². The summed E-state index contributed by atoms with van der Waals surface area (Å²) in [5.74, 6) is -0.295. The number of carbonyl (C=O) groups is 2. The summed E-state index contributed by atoms with van der Waals surface area (Å²) in [6, 6.07) is 13.6. The van der Waals surface area contributed by atoms with E-state index < -0.39 is 5.25 Å². The van der Waals surface area contributed by atoms with Crippen LogP contribution in [0.25, 0.3) is 0 Å². The van der Waals surface area contributed by atoms with Crippen molar-refractivity contribution in [1.82, 2.24) is 4.90 Å². The molecule has 0 radical (unpaired) electrons. The van der Waals surface area contributed by atoms with Gasteiger partial charge in [0.1, 0.15) is 5.25 Å². The van der Waals surface area contributed by atoms with Crippen LogP contribution in [0, 0.1) is 20.8 Å². The number of ether oxygens (including phenoxy) is 1. The van der Waals surface area contributed by atoms with Crippen LogP contribution >= 0.6 is 11.8 Å². The van der Waals surface area contributed by atoms with E-state index in [-0.39, 0.29) is 18.2 Å². The average molecular weight is 426 g/mol. The fraction of sp³-hybridized carbons (Fsp3) is 0.348. The van der Waals surface area contributed by atoms with Gasteiger partial charge in [0, 0.05) is 19.2 Å². The zero-order valence-electron chi connectivity index (χ0n) is 17.8. The van der Waals surface area contributed by atoms with E-state index >= 15 is 0 Å². The van der Waals surface area contributed by atoms with Gasteiger partial charge in [-0.05, 0) is 44.0 Å². The van der Waals surface area contributed by atoms with E-state index in [0.717, 1.165) is 28.1 Å². The van der Waals surface area contributed by atoms with Gasteiger partial charge in [-0.15, -0.1) is 0 Å². The summed E-state index contributed by atoms with van der Waals surface area (Å²) in [7, 11) is 1.60. The first-order chi connectivity index (χ1) is 14.4. The van der Waals surface area contributed by atoms with E-state index in [9.17, 15) is 9.59 Å². The molecule has 0 aliphatic carbocycles. The molecule has 158 valence electrons. The Hall–Kier alpha value is -2.64. The fourth-order valence-corrected chi connectivity index (χ4v) is 4.41. The third kappa shape index (κ3) is 5.29. The van der Waals surface area contributed by atoms with Gasteiger partial charge < -0.3 is 10.1 Å². The van der Waals surface area contributed by atoms with Gasteiger partial charge in [-0.3, -0.25) is 14.5 Å². The number of aryl methyl sites for hydroxylation is 3. The highest BCUT2D eigenvalue weighted by atomic mass is 32.2. The maximum atomic E-state index is 13.0. The highest BCUT2D eigenvalue weighted by Crippen LogP contribution is 2.32. The van der Waals surface area contributed by atoms with E-state index in [1.165, 1.54) is 11.8 Å². The number of thioether (sulfide) groups is 1. The number of amidine groups is 1. The molecule has 1 aliphatic rings. The number of aliphatic imine (C=N–C) groups is 1. The number of nitrogens with zero attached hydrogens (tertiary/aromatic N) is 2. The molecule has 1 fully saturated rings. The second-order valence-corrected chi connectivity index (χ2v) is 8.51. The van der Waals surface area contributed by atoms with Crippen molar-refractivity contribution in [2.45, 2.75) is 32.4 Å². The zero-order valence-corrected chi connectivity index (χ0v) is 18.6. The smallest absolute Gasteiger partial charge is 0.242 e. The lowest BCUT2D eigenvalue weighted by Crippen LogP contribution is -2.35. The molecule has 1 saturated heterocycles. The topological polar surface area (TPSA) is 71.0 Å². The molecule has 0 bridgehead atoms. The predicted octanol–water partition coefficient (Wildman–Crippen LogP) is 4.22. The molecular formula is C23H27N3O3S. The number of hydrogen-bond donors (Lipinski definition) is 1. The monoisotopic (exact) mass is 425 g/mol. The van der Waals surface area contributed by atoms with Gasteiger partial charge in [0.25, 0.3) is 0 Å². The highest BCUT2D eigenvalue weighted by Gasteiger charge is 2.39. The molecular weight excluding hydrogens is 398 g/mol. The highest BCUT2D eigenvalue weighted by molar-refractivity contribution is 8.15. The number of para-hydroxylation sites is 1. The Bertz CT molecular complexity index is 974. The van der Waals surface area contributed by atoms with Crippen molar-refractivity contribution in [2.24, 2.45) is 4.99 Å². The molecule has 30 heavy (non-hydrogen) atoms. The second kappa shape index (κ2) is 9.91. The van der Waals surface area contributed by atoms with Crippen LogP contribution in [0.4, 0.5) is 11.4 Å². The van der Waals surface area contributed by atoms with Gasteiger partial charge in [0.05, 0.1) is 18.8 Å². The molecule has 0 unspecified atom stereocenters. The van der Waals surface area contributed by atoms with Crippen LogP contribution < -0.4 is 5.32 Å². The van der Waals surface area contributed by atoms with Gasteiger partial charge in [0.15, 0.2) is 5.17 Å². The zero-order chi connectivity index (χ0) is 21.7. The minimum absolute atomic E-state index is 0.0904. The number of anilines is 1. The van der Waals surface area contributed by atoms with Gasteiger partial charge >= 0.3 is 0 Å². The largest absolute Gasteiger partial charge is 0.383 e. The summed E-state index contributed by atoms with van der Waals surface area (Å²) in [5, 5.41) is 3.03. The number of rotatable bonds is 7. The fourth-order valence-electron chi connectivity index (χ4n) is 3.23. The number of nitrogens with one attached hydrogen (secondary N) is 1. The van der Waals surface area contributed by atoms with E-state index in [1.54, 1.807) is 12.0 Å². The molecule has 2 aromatic carbocycles. The van der Waals surface area contributed by atoms with Crippen LogP contribution in [0.3, 0.4) is 0 Å². The van der Waals surface area contributed by atoms with Crippen LogP contribution in [-0.2, 0) is 14.3 Å². The van der Waals surface area contributed by atoms with E-state index in [1.807, 2.05) is 63.2 Å². The molecule has 0 saturated carbocycles. The van der Waals surface area contributed by atoms with Crippen molar-refractivity contribution in [3.8, 4) is 0 Å². The quantitative estimate of drug-likeness (QED) is 0.721. The van der Waals surface area contributed by atoms with Crippen LogP contribution in [-0.4, -0.2) is 47.4 Å². The summed E-state index contributed by atoms with van der Waals surface area (Å²) in [4.78, 5) is 31.9. The Morgan fingerprint density at radius 2 is 1.93 bits per heavy atom. The van der Waals surface area contributed by atoms with Crippen molar-refractivity contribution in [3.05, 3.63) is 59.2 Å². The lowest BCUT2D eigenvalue weighted by Gasteiger charge is -2.16. The van der Waals surface area contributed by atoms with Gasteiger partial charge in [-0.2, -0.15) is 0 Å². The van der Waals surface area contributed by atoms with Crippen molar-refractivity contribution in [1.29, 1.82) is 0 Å². The first kappa shape index (κ1) is 22.1. The van der Waals surface area contributed by atoms with Gasteiger partial charge in [0.2, 0.25) is 11.8 Å². The SMILES string of the molecule is COCCN1C(=O)[C@@H](CC(=O)Nc2ccc(C)cc2C)SC1=Nc1ccccc1C. The van der Waals surface area contributed by atoms with E-state index in [2.05, 4.69) is 5.32 Å². The Labute approximate surface area is 181 Å². The van der Waals surface area contributed by atoms with Crippen LogP contribution in [0.5, 0.6) is 0 Å². The normalized spacial score (nSPS) is 17.6. The first-order valence-corrected chi connectivity index (χ1v) is 10.8. The Morgan fingerprint density at radius 1 is 1.17 bits per heavy atom. The molecule has 1 aliphatic heterocycles. The standard InChI is InChI=1S/C23H27N3O3S/c1-15-9-10-19(17(3)13-15)24-21(27)14-20-22(28)26(11-12-29-4)23(30-20)25-18-8-6-5-7-16(18)2/h5-10,13,20H,11-12,14H2,1-4H3,(H,24,27)/t20-/m1/s1. The van der Waals surface area contributed by atoms with Crippen LogP contribution in [0.2, 0.25) is 0 Å². The molecule has 7 heteroatoms. The Kier molecular flexibility index (Phi) is 7.29. The Morgan fingerprint density at radius 3 is 2.63 bits per heavy atom. The molecule has 0 spiro atoms. The second-order valence-electron chi connectivity index (χ2n) is 7.34. The third-order valence-electron chi connectivity index (χ3n) is 4.90. The molecule has 1 atom stereocenters.